The molecule has 2 amide bonds. The van der Waals surface area contributed by atoms with Crippen molar-refractivity contribution in [3.8, 4) is 0 Å². The van der Waals surface area contributed by atoms with Gasteiger partial charge in [0.2, 0.25) is 5.91 Å². The summed E-state index contributed by atoms with van der Waals surface area (Å²) in [5.74, 6) is 0.0580. The lowest BCUT2D eigenvalue weighted by Crippen LogP contribution is -2.34. The quantitative estimate of drug-likeness (QED) is 0.520. The zero-order valence-electron chi connectivity index (χ0n) is 17.2. The van der Waals surface area contributed by atoms with E-state index < -0.39 is 0 Å². The number of carbonyl (C=O) groups excluding carboxylic acids is 2. The van der Waals surface area contributed by atoms with Gasteiger partial charge in [0.25, 0.3) is 5.91 Å². The molecule has 2 aliphatic rings. The molecule has 3 heterocycles. The number of nitrogens with one attached hydrogen (secondary N) is 1. The molecule has 2 aliphatic heterocycles. The van der Waals surface area contributed by atoms with Crippen molar-refractivity contribution in [3.63, 3.8) is 0 Å². The first-order chi connectivity index (χ1) is 15.1. The molecule has 3 aromatic rings. The van der Waals surface area contributed by atoms with Crippen LogP contribution in [0.2, 0.25) is 0 Å². The van der Waals surface area contributed by atoms with Crippen LogP contribution in [0.1, 0.15) is 36.8 Å². The Morgan fingerprint density at radius 3 is 2.65 bits per heavy atom. The topological polar surface area (TPSA) is 54.3 Å². The van der Waals surface area contributed by atoms with Crippen molar-refractivity contribution in [2.45, 2.75) is 32.2 Å². The van der Waals surface area contributed by atoms with E-state index in [0.29, 0.717) is 12.1 Å². The number of anilines is 1. The van der Waals surface area contributed by atoms with Crippen molar-refractivity contribution >= 4 is 56.0 Å². The highest BCUT2D eigenvalue weighted by molar-refractivity contribution is 9.10. The van der Waals surface area contributed by atoms with Gasteiger partial charge in [-0.1, -0.05) is 47.0 Å². The Balaban J connectivity index is 1.53. The molecule has 1 N–H and O–H groups in total. The molecule has 0 atom stereocenters. The molecule has 0 bridgehead atoms. The van der Waals surface area contributed by atoms with Crippen molar-refractivity contribution in [3.05, 3.63) is 64.3 Å². The molecular weight excluding hydrogens is 454 g/mol. The lowest BCUT2D eigenvalue weighted by Gasteiger charge is -2.20. The average Bonchev–Trinajstić information content (AvgIpc) is 3.10. The smallest absolute Gasteiger partial charge is 0.256 e. The van der Waals surface area contributed by atoms with Gasteiger partial charge >= 0.3 is 0 Å². The Labute approximate surface area is 189 Å². The second-order valence-electron chi connectivity index (χ2n) is 8.23. The first-order valence-corrected chi connectivity index (χ1v) is 11.6. The van der Waals surface area contributed by atoms with Crippen LogP contribution in [0.15, 0.2) is 53.1 Å². The molecular formula is C25H24BrN3O2. The Hall–Kier alpha value is -2.86. The van der Waals surface area contributed by atoms with Gasteiger partial charge < -0.3 is 14.8 Å². The summed E-state index contributed by atoms with van der Waals surface area (Å²) >= 11 is 3.56. The average molecular weight is 478 g/mol. The van der Waals surface area contributed by atoms with Crippen LogP contribution in [0, 0.1) is 0 Å². The summed E-state index contributed by atoms with van der Waals surface area (Å²) in [5, 5.41) is 3.95. The van der Waals surface area contributed by atoms with Crippen LogP contribution in [-0.2, 0) is 16.1 Å². The number of hydrogen-bond acceptors (Lipinski definition) is 2. The Bertz CT molecular complexity index is 1200. The molecule has 5 nitrogen and oxygen atoms in total. The van der Waals surface area contributed by atoms with Gasteiger partial charge in [-0.3, -0.25) is 9.59 Å². The maximum absolute atomic E-state index is 13.0. The van der Waals surface area contributed by atoms with Crippen LogP contribution in [0.25, 0.3) is 22.6 Å². The fourth-order valence-electron chi connectivity index (χ4n) is 4.55. The van der Waals surface area contributed by atoms with Crippen molar-refractivity contribution < 1.29 is 9.59 Å². The number of amides is 2. The van der Waals surface area contributed by atoms with Crippen molar-refractivity contribution in [2.75, 3.05) is 18.4 Å². The van der Waals surface area contributed by atoms with E-state index >= 15 is 0 Å². The molecule has 0 radical (unpaired) electrons. The van der Waals surface area contributed by atoms with Crippen LogP contribution in [-0.4, -0.2) is 34.4 Å². The molecule has 0 spiro atoms. The monoisotopic (exact) mass is 477 g/mol. The largest absolute Gasteiger partial charge is 0.341 e. The molecule has 2 aromatic carbocycles. The number of hydrogen-bond donors (Lipinski definition) is 1. The van der Waals surface area contributed by atoms with E-state index in [1.54, 1.807) is 0 Å². The molecule has 1 aromatic heterocycles. The van der Waals surface area contributed by atoms with Gasteiger partial charge in [-0.05, 0) is 43.2 Å². The second kappa shape index (κ2) is 8.35. The van der Waals surface area contributed by atoms with E-state index in [0.717, 1.165) is 58.1 Å². The molecule has 6 heteroatoms. The van der Waals surface area contributed by atoms with E-state index in [1.165, 1.54) is 12.8 Å². The Kier molecular flexibility index (Phi) is 5.40. The molecule has 31 heavy (non-hydrogen) atoms. The minimum atomic E-state index is -0.0993. The van der Waals surface area contributed by atoms with E-state index in [-0.39, 0.29) is 11.8 Å². The highest BCUT2D eigenvalue weighted by Gasteiger charge is 2.24. The highest BCUT2D eigenvalue weighted by atomic mass is 79.9. The number of fused-ring (bicyclic) bond motifs is 2. The lowest BCUT2D eigenvalue weighted by atomic mass is 10.0. The zero-order chi connectivity index (χ0) is 21.4. The van der Waals surface area contributed by atoms with Gasteiger partial charge in [0, 0.05) is 57.0 Å². The van der Waals surface area contributed by atoms with E-state index in [9.17, 15) is 9.59 Å². The number of nitrogens with zero attached hydrogens (tertiary/aromatic N) is 2. The molecule has 1 fully saturated rings. The molecule has 0 unspecified atom stereocenters. The van der Waals surface area contributed by atoms with Gasteiger partial charge in [0.1, 0.15) is 6.54 Å². The predicted octanol–water partition coefficient (Wildman–Crippen LogP) is 5.30. The minimum Gasteiger partial charge on any atom is -0.341 e. The number of aromatic nitrogens is 1. The Morgan fingerprint density at radius 1 is 1.06 bits per heavy atom. The summed E-state index contributed by atoms with van der Waals surface area (Å²) in [6, 6.07) is 13.8. The number of likely N-dealkylation sites (tertiary alicyclic amines) is 1. The third-order valence-electron chi connectivity index (χ3n) is 6.15. The first-order valence-electron chi connectivity index (χ1n) is 10.8. The van der Waals surface area contributed by atoms with E-state index in [2.05, 4.69) is 21.2 Å². The fraction of sp³-hybridized carbons (Fsp3) is 0.280. The third-order valence-corrected chi connectivity index (χ3v) is 6.64. The van der Waals surface area contributed by atoms with E-state index in [4.69, 9.17) is 0 Å². The molecule has 1 saturated heterocycles. The normalized spacial score (nSPS) is 17.6. The van der Waals surface area contributed by atoms with Crippen molar-refractivity contribution in [2.24, 2.45) is 0 Å². The number of rotatable bonds is 3. The van der Waals surface area contributed by atoms with Gasteiger partial charge in [0.15, 0.2) is 0 Å². The van der Waals surface area contributed by atoms with Crippen LogP contribution >= 0.6 is 15.9 Å². The van der Waals surface area contributed by atoms with Gasteiger partial charge in [-0.25, -0.2) is 0 Å². The summed E-state index contributed by atoms with van der Waals surface area (Å²) in [6.07, 6.45) is 8.49. The van der Waals surface area contributed by atoms with Crippen LogP contribution in [0.5, 0.6) is 0 Å². The highest BCUT2D eigenvalue weighted by Crippen LogP contribution is 2.35. The van der Waals surface area contributed by atoms with Gasteiger partial charge in [0.05, 0.1) is 0 Å². The maximum Gasteiger partial charge on any atom is 0.256 e. The molecule has 0 aliphatic carbocycles. The molecule has 158 valence electrons. The van der Waals surface area contributed by atoms with Crippen LogP contribution in [0.3, 0.4) is 0 Å². The summed E-state index contributed by atoms with van der Waals surface area (Å²) in [4.78, 5) is 27.6. The summed E-state index contributed by atoms with van der Waals surface area (Å²) < 4.78 is 2.98. The number of halogens is 1. The maximum atomic E-state index is 13.0. The number of para-hydroxylation sites is 1. The first kappa shape index (κ1) is 20.1. The van der Waals surface area contributed by atoms with Crippen molar-refractivity contribution in [1.29, 1.82) is 0 Å². The van der Waals surface area contributed by atoms with Crippen LogP contribution in [0.4, 0.5) is 5.69 Å². The molecule has 5 rings (SSSR count). The summed E-state index contributed by atoms with van der Waals surface area (Å²) in [6.45, 7) is 2.00. The van der Waals surface area contributed by atoms with Crippen LogP contribution < -0.4 is 5.32 Å². The minimum absolute atomic E-state index is 0.0993. The fourth-order valence-corrected chi connectivity index (χ4v) is 4.91. The van der Waals surface area contributed by atoms with Crippen molar-refractivity contribution in [1.82, 2.24) is 9.47 Å². The third kappa shape index (κ3) is 3.92. The molecule has 0 saturated carbocycles. The predicted molar refractivity (Wildman–Crippen MR) is 128 cm³/mol. The standard InChI is InChI=1S/C25H24BrN3O2/c26-18-9-10-23-20(14-18)17(13-21-19-7-3-4-8-22(19)27-25(21)31)15-29(23)16-24(30)28-11-5-1-2-6-12-28/h3-4,7-10,13-15H,1-2,5-6,11-12,16H2,(H,27,31)/b21-13+. The zero-order valence-corrected chi connectivity index (χ0v) is 18.8. The Morgan fingerprint density at radius 2 is 1.84 bits per heavy atom. The van der Waals surface area contributed by atoms with Gasteiger partial charge in [-0.2, -0.15) is 0 Å². The van der Waals surface area contributed by atoms with Gasteiger partial charge in [-0.15, -0.1) is 0 Å². The SMILES string of the molecule is O=C1Nc2ccccc2/C1=C\c1cn(CC(=O)N2CCCCCC2)c2ccc(Br)cc12. The number of carbonyl (C=O) groups is 2. The lowest BCUT2D eigenvalue weighted by molar-refractivity contribution is -0.131. The summed E-state index contributed by atoms with van der Waals surface area (Å²) in [5.41, 5.74) is 4.31. The second-order valence-corrected chi connectivity index (χ2v) is 9.14. The summed E-state index contributed by atoms with van der Waals surface area (Å²) in [7, 11) is 0. The van der Waals surface area contributed by atoms with E-state index in [1.807, 2.05) is 64.2 Å². The number of benzene rings is 2.